The molecule has 0 radical (unpaired) electrons. The summed E-state index contributed by atoms with van der Waals surface area (Å²) in [5.74, 6) is 0.264. The Bertz CT molecular complexity index is 1150. The van der Waals surface area contributed by atoms with Crippen LogP contribution in [-0.4, -0.2) is 87.9 Å². The number of fused-ring (bicyclic) bond motifs is 3. The highest BCUT2D eigenvalue weighted by Gasteiger charge is 2.22. The van der Waals surface area contributed by atoms with Crippen molar-refractivity contribution < 1.29 is 9.59 Å². The van der Waals surface area contributed by atoms with Crippen LogP contribution in [0.4, 0.5) is 0 Å². The van der Waals surface area contributed by atoms with E-state index >= 15 is 0 Å². The summed E-state index contributed by atoms with van der Waals surface area (Å²) < 4.78 is 1.91. The van der Waals surface area contributed by atoms with E-state index in [0.717, 1.165) is 59.6 Å². The van der Waals surface area contributed by atoms with Gasteiger partial charge in [0.05, 0.1) is 12.1 Å². The van der Waals surface area contributed by atoms with Crippen LogP contribution in [-0.2, 0) is 16.0 Å². The van der Waals surface area contributed by atoms with E-state index in [1.807, 2.05) is 40.6 Å². The Kier molecular flexibility index (Phi) is 6.41. The zero-order chi connectivity index (χ0) is 22.8. The molecular weight excluding hydrogens is 404 g/mol. The SMILES string of the molecule is Cc1nc2c3ccccc3nn2c(C)c1CCC(=O)N1CCCN(CC(=O)N(C)C)CC1. The molecule has 1 aromatic carbocycles. The number of benzene rings is 1. The molecule has 8 nitrogen and oxygen atoms in total. The van der Waals surface area contributed by atoms with Crippen molar-refractivity contribution in [3.8, 4) is 0 Å². The maximum Gasteiger partial charge on any atom is 0.236 e. The molecule has 0 aliphatic carbocycles. The molecule has 1 fully saturated rings. The lowest BCUT2D eigenvalue weighted by Gasteiger charge is -2.23. The van der Waals surface area contributed by atoms with Crippen molar-refractivity contribution in [3.63, 3.8) is 0 Å². The van der Waals surface area contributed by atoms with E-state index in [0.29, 0.717) is 25.9 Å². The molecule has 0 bridgehead atoms. The highest BCUT2D eigenvalue weighted by Crippen LogP contribution is 2.23. The van der Waals surface area contributed by atoms with E-state index in [-0.39, 0.29) is 11.8 Å². The third kappa shape index (κ3) is 4.46. The number of carbonyl (C=O) groups is 2. The largest absolute Gasteiger partial charge is 0.348 e. The summed E-state index contributed by atoms with van der Waals surface area (Å²) in [6.07, 6.45) is 1.99. The van der Waals surface area contributed by atoms with Gasteiger partial charge in [0.25, 0.3) is 0 Å². The Hall–Kier alpha value is -3.00. The third-order valence-corrected chi connectivity index (χ3v) is 6.41. The van der Waals surface area contributed by atoms with Crippen molar-refractivity contribution in [2.45, 2.75) is 33.1 Å². The van der Waals surface area contributed by atoms with Crippen LogP contribution < -0.4 is 0 Å². The minimum Gasteiger partial charge on any atom is -0.348 e. The number of hydrogen-bond acceptors (Lipinski definition) is 5. The van der Waals surface area contributed by atoms with Crippen LogP contribution in [0.25, 0.3) is 16.6 Å². The standard InChI is InChI=1S/C24H32N6O2/c1-17-19(18(2)30-24(25-17)20-8-5-6-9-21(20)26-30)10-11-22(31)29-13-7-12-28(14-15-29)16-23(32)27(3)4/h5-6,8-9H,7,10-16H2,1-4H3. The van der Waals surface area contributed by atoms with E-state index in [1.54, 1.807) is 19.0 Å². The van der Waals surface area contributed by atoms with Crippen LogP contribution in [0.15, 0.2) is 24.3 Å². The van der Waals surface area contributed by atoms with E-state index in [2.05, 4.69) is 11.8 Å². The lowest BCUT2D eigenvalue weighted by Crippen LogP contribution is -2.39. The first kappa shape index (κ1) is 22.2. The van der Waals surface area contributed by atoms with Crippen LogP contribution in [0.3, 0.4) is 0 Å². The minimum atomic E-state index is 0.102. The Balaban J connectivity index is 1.42. The number of likely N-dealkylation sites (N-methyl/N-ethyl adjacent to an activating group) is 1. The van der Waals surface area contributed by atoms with Gasteiger partial charge < -0.3 is 9.80 Å². The molecule has 4 rings (SSSR count). The van der Waals surface area contributed by atoms with Gasteiger partial charge in [-0.2, -0.15) is 5.10 Å². The molecule has 170 valence electrons. The van der Waals surface area contributed by atoms with Crippen LogP contribution in [0, 0.1) is 13.8 Å². The second-order valence-electron chi connectivity index (χ2n) is 8.81. The summed E-state index contributed by atoms with van der Waals surface area (Å²) in [5.41, 5.74) is 4.88. The maximum absolute atomic E-state index is 13.0. The van der Waals surface area contributed by atoms with Crippen LogP contribution in [0.1, 0.15) is 29.8 Å². The van der Waals surface area contributed by atoms with Gasteiger partial charge in [0.15, 0.2) is 5.65 Å². The molecule has 2 amide bonds. The highest BCUT2D eigenvalue weighted by atomic mass is 16.2. The molecule has 0 saturated carbocycles. The topological polar surface area (TPSA) is 74.0 Å². The van der Waals surface area contributed by atoms with Crippen molar-refractivity contribution in [2.24, 2.45) is 0 Å². The van der Waals surface area contributed by atoms with Crippen LogP contribution >= 0.6 is 0 Å². The van der Waals surface area contributed by atoms with Gasteiger partial charge in [0, 0.05) is 63.5 Å². The van der Waals surface area contributed by atoms with Crippen molar-refractivity contribution in [2.75, 3.05) is 46.8 Å². The predicted molar refractivity (Wildman–Crippen MR) is 125 cm³/mol. The van der Waals surface area contributed by atoms with E-state index < -0.39 is 0 Å². The Labute approximate surface area is 188 Å². The van der Waals surface area contributed by atoms with Gasteiger partial charge in [0.2, 0.25) is 11.8 Å². The normalized spacial score (nSPS) is 15.3. The first-order chi connectivity index (χ1) is 15.3. The molecule has 0 atom stereocenters. The number of hydrogen-bond donors (Lipinski definition) is 0. The van der Waals surface area contributed by atoms with Crippen molar-refractivity contribution >= 4 is 28.4 Å². The Morgan fingerprint density at radius 3 is 2.62 bits per heavy atom. The number of carbonyl (C=O) groups excluding carboxylic acids is 2. The van der Waals surface area contributed by atoms with Crippen LogP contribution in [0.2, 0.25) is 0 Å². The van der Waals surface area contributed by atoms with Crippen LogP contribution in [0.5, 0.6) is 0 Å². The Morgan fingerprint density at radius 1 is 1.06 bits per heavy atom. The zero-order valence-electron chi connectivity index (χ0n) is 19.5. The summed E-state index contributed by atoms with van der Waals surface area (Å²) in [4.78, 5) is 35.5. The lowest BCUT2D eigenvalue weighted by atomic mass is 10.1. The van der Waals surface area contributed by atoms with Gasteiger partial charge in [-0.15, -0.1) is 0 Å². The molecule has 1 saturated heterocycles. The number of nitrogens with zero attached hydrogens (tertiary/aromatic N) is 6. The van der Waals surface area contributed by atoms with Gasteiger partial charge in [0.1, 0.15) is 0 Å². The third-order valence-electron chi connectivity index (χ3n) is 6.41. The number of aromatic nitrogens is 3. The molecule has 1 aliphatic heterocycles. The lowest BCUT2D eigenvalue weighted by molar-refractivity contribution is -0.131. The molecule has 0 unspecified atom stereocenters. The molecule has 0 N–H and O–H groups in total. The number of aryl methyl sites for hydroxylation is 2. The summed E-state index contributed by atoms with van der Waals surface area (Å²) in [6, 6.07) is 8.02. The molecule has 0 spiro atoms. The van der Waals surface area contributed by atoms with Gasteiger partial charge in [-0.3, -0.25) is 14.5 Å². The fraction of sp³-hybridized carbons (Fsp3) is 0.500. The average Bonchev–Trinajstić information content (AvgIpc) is 2.97. The molecule has 8 heteroatoms. The van der Waals surface area contributed by atoms with Crippen molar-refractivity contribution in [3.05, 3.63) is 41.2 Å². The molecule has 3 heterocycles. The predicted octanol–water partition coefficient (Wildman–Crippen LogP) is 2.05. The number of amides is 2. The maximum atomic E-state index is 13.0. The van der Waals surface area contributed by atoms with E-state index in [4.69, 9.17) is 10.1 Å². The molecular formula is C24H32N6O2. The molecule has 2 aromatic heterocycles. The Morgan fingerprint density at radius 2 is 1.84 bits per heavy atom. The first-order valence-electron chi connectivity index (χ1n) is 11.3. The summed E-state index contributed by atoms with van der Waals surface area (Å²) in [7, 11) is 3.55. The number of rotatable bonds is 5. The highest BCUT2D eigenvalue weighted by molar-refractivity contribution is 5.92. The van der Waals surface area contributed by atoms with E-state index in [1.165, 1.54) is 0 Å². The summed E-state index contributed by atoms with van der Waals surface area (Å²) >= 11 is 0. The van der Waals surface area contributed by atoms with Gasteiger partial charge in [-0.1, -0.05) is 12.1 Å². The fourth-order valence-corrected chi connectivity index (χ4v) is 4.44. The van der Waals surface area contributed by atoms with Gasteiger partial charge in [-0.05, 0) is 44.4 Å². The fourth-order valence-electron chi connectivity index (χ4n) is 4.44. The molecule has 32 heavy (non-hydrogen) atoms. The van der Waals surface area contributed by atoms with Gasteiger partial charge in [-0.25, -0.2) is 9.50 Å². The summed E-state index contributed by atoms with van der Waals surface area (Å²) in [6.45, 7) is 7.47. The minimum absolute atomic E-state index is 0.102. The summed E-state index contributed by atoms with van der Waals surface area (Å²) in [5, 5.41) is 5.76. The molecule has 1 aliphatic rings. The second kappa shape index (κ2) is 9.24. The van der Waals surface area contributed by atoms with Gasteiger partial charge >= 0.3 is 0 Å². The monoisotopic (exact) mass is 436 g/mol. The van der Waals surface area contributed by atoms with E-state index in [9.17, 15) is 9.59 Å². The zero-order valence-corrected chi connectivity index (χ0v) is 19.5. The van der Waals surface area contributed by atoms with Crippen molar-refractivity contribution in [1.82, 2.24) is 29.3 Å². The second-order valence-corrected chi connectivity index (χ2v) is 8.81. The average molecular weight is 437 g/mol. The molecule has 3 aromatic rings. The van der Waals surface area contributed by atoms with Crippen molar-refractivity contribution in [1.29, 1.82) is 0 Å². The smallest absolute Gasteiger partial charge is 0.236 e. The first-order valence-corrected chi connectivity index (χ1v) is 11.3. The quantitative estimate of drug-likeness (QED) is 0.612.